The molecule has 0 N–H and O–H groups in total. The zero-order chi connectivity index (χ0) is 20.8. The number of fused-ring (bicyclic) bond motifs is 3. The van der Waals surface area contributed by atoms with Crippen LogP contribution in [0.25, 0.3) is 32.7 Å². The van der Waals surface area contributed by atoms with E-state index < -0.39 is 0 Å². The maximum absolute atomic E-state index is 13.4. The normalized spacial score (nSPS) is 22.4. The molecule has 2 bridgehead atoms. The van der Waals surface area contributed by atoms with Crippen LogP contribution in [0.3, 0.4) is 0 Å². The van der Waals surface area contributed by atoms with Gasteiger partial charge in [-0.15, -0.1) is 11.3 Å². The minimum absolute atomic E-state index is 0.116. The second kappa shape index (κ2) is 7.76. The van der Waals surface area contributed by atoms with E-state index in [4.69, 9.17) is 4.98 Å². The van der Waals surface area contributed by atoms with Crippen LogP contribution in [-0.4, -0.2) is 9.55 Å². The van der Waals surface area contributed by atoms with E-state index in [2.05, 4.69) is 48.5 Å². The summed E-state index contributed by atoms with van der Waals surface area (Å²) in [5, 5.41) is 1.97. The number of hydrogen-bond acceptors (Lipinski definition) is 3. The number of rotatable bonds is 5. The first-order chi connectivity index (χ1) is 15.3. The van der Waals surface area contributed by atoms with Gasteiger partial charge in [0.15, 0.2) is 0 Å². The molecule has 156 valence electrons. The molecule has 0 spiro atoms. The van der Waals surface area contributed by atoms with Crippen molar-refractivity contribution in [1.82, 2.24) is 9.55 Å². The fourth-order valence-electron chi connectivity index (χ4n) is 5.84. The number of thiophene rings is 1. The molecule has 2 fully saturated rings. The summed E-state index contributed by atoms with van der Waals surface area (Å²) in [6.45, 7) is 0.767. The third kappa shape index (κ3) is 3.43. The lowest BCUT2D eigenvalue weighted by Crippen LogP contribution is -2.25. The van der Waals surface area contributed by atoms with Crippen molar-refractivity contribution in [2.75, 3.05) is 0 Å². The van der Waals surface area contributed by atoms with Gasteiger partial charge in [0.2, 0.25) is 0 Å². The number of nitrogens with zero attached hydrogens (tertiary/aromatic N) is 2. The van der Waals surface area contributed by atoms with E-state index in [1.807, 2.05) is 22.1 Å². The Morgan fingerprint density at radius 3 is 2.42 bits per heavy atom. The van der Waals surface area contributed by atoms with Crippen LogP contribution in [0, 0.1) is 17.8 Å². The maximum Gasteiger partial charge on any atom is 0.271 e. The van der Waals surface area contributed by atoms with E-state index in [0.29, 0.717) is 0 Å². The lowest BCUT2D eigenvalue weighted by Gasteiger charge is -2.22. The van der Waals surface area contributed by atoms with Gasteiger partial charge in [0.1, 0.15) is 10.5 Å². The Morgan fingerprint density at radius 2 is 1.68 bits per heavy atom. The topological polar surface area (TPSA) is 34.9 Å². The van der Waals surface area contributed by atoms with Gasteiger partial charge < -0.3 is 0 Å². The van der Waals surface area contributed by atoms with Crippen molar-refractivity contribution in [1.29, 1.82) is 0 Å². The van der Waals surface area contributed by atoms with Crippen LogP contribution in [0.1, 0.15) is 32.1 Å². The highest BCUT2D eigenvalue weighted by atomic mass is 32.1. The predicted molar refractivity (Wildman–Crippen MR) is 128 cm³/mol. The molecule has 4 aromatic rings. The Hall–Kier alpha value is -2.72. The SMILES string of the molecule is O=c1c2sccc2nc(-c2ccc(-c3ccccc3)cc2)n1CCC1C[C@H]2CC[C@@H]1C2. The first-order valence-electron chi connectivity index (χ1n) is 11.4. The van der Waals surface area contributed by atoms with Crippen LogP contribution in [0.2, 0.25) is 0 Å². The number of aromatic nitrogens is 2. The summed E-state index contributed by atoms with van der Waals surface area (Å²) < 4.78 is 2.72. The van der Waals surface area contributed by atoms with Crippen molar-refractivity contribution >= 4 is 21.6 Å². The summed E-state index contributed by atoms with van der Waals surface area (Å²) in [5.74, 6) is 3.40. The molecule has 2 aliphatic rings. The molecule has 0 radical (unpaired) electrons. The largest absolute Gasteiger partial charge is 0.291 e. The van der Waals surface area contributed by atoms with Crippen LogP contribution in [0.5, 0.6) is 0 Å². The minimum atomic E-state index is 0.116. The van der Waals surface area contributed by atoms with Gasteiger partial charge in [0.05, 0.1) is 5.52 Å². The summed E-state index contributed by atoms with van der Waals surface area (Å²) in [6.07, 6.45) is 6.67. The second-order valence-corrected chi connectivity index (χ2v) is 10.1. The van der Waals surface area contributed by atoms with Crippen molar-refractivity contribution in [3.63, 3.8) is 0 Å². The molecule has 0 amide bonds. The van der Waals surface area contributed by atoms with Crippen LogP contribution in [-0.2, 0) is 6.54 Å². The molecule has 2 saturated carbocycles. The highest BCUT2D eigenvalue weighted by Gasteiger charge is 2.39. The molecule has 3 nitrogen and oxygen atoms in total. The van der Waals surface area contributed by atoms with Gasteiger partial charge >= 0.3 is 0 Å². The average molecular weight is 427 g/mol. The third-order valence-electron chi connectivity index (χ3n) is 7.42. The van der Waals surface area contributed by atoms with E-state index in [0.717, 1.165) is 52.3 Å². The Balaban J connectivity index is 1.36. The summed E-state index contributed by atoms with van der Waals surface area (Å²) >= 11 is 1.51. The Bertz CT molecular complexity index is 1270. The number of hydrogen-bond donors (Lipinski definition) is 0. The summed E-state index contributed by atoms with van der Waals surface area (Å²) in [4.78, 5) is 18.3. The molecule has 0 saturated heterocycles. The van der Waals surface area contributed by atoms with Gasteiger partial charge in [-0.2, -0.15) is 0 Å². The third-order valence-corrected chi connectivity index (χ3v) is 8.32. The minimum Gasteiger partial charge on any atom is -0.291 e. The van der Waals surface area contributed by atoms with E-state index in [-0.39, 0.29) is 5.56 Å². The molecule has 31 heavy (non-hydrogen) atoms. The van der Waals surface area contributed by atoms with Crippen LogP contribution in [0.4, 0.5) is 0 Å². The lowest BCUT2D eigenvalue weighted by molar-refractivity contribution is 0.300. The fraction of sp³-hybridized carbons (Fsp3) is 0.333. The zero-order valence-electron chi connectivity index (χ0n) is 17.5. The van der Waals surface area contributed by atoms with Gasteiger partial charge in [0.25, 0.3) is 5.56 Å². The van der Waals surface area contributed by atoms with Gasteiger partial charge in [-0.25, -0.2) is 4.98 Å². The van der Waals surface area contributed by atoms with Crippen molar-refractivity contribution in [2.24, 2.45) is 17.8 Å². The van der Waals surface area contributed by atoms with E-state index >= 15 is 0 Å². The Kier molecular flexibility index (Phi) is 4.76. The molecule has 4 heteroatoms. The molecule has 2 aromatic carbocycles. The van der Waals surface area contributed by atoms with E-state index in [9.17, 15) is 4.79 Å². The van der Waals surface area contributed by atoms with Gasteiger partial charge in [-0.3, -0.25) is 9.36 Å². The molecule has 3 atom stereocenters. The Labute approximate surface area is 186 Å². The van der Waals surface area contributed by atoms with Crippen LogP contribution >= 0.6 is 11.3 Å². The predicted octanol–water partition coefficient (Wildman–Crippen LogP) is 6.62. The first-order valence-corrected chi connectivity index (χ1v) is 12.3. The maximum atomic E-state index is 13.4. The molecular weight excluding hydrogens is 400 g/mol. The Morgan fingerprint density at radius 1 is 0.903 bits per heavy atom. The van der Waals surface area contributed by atoms with E-state index in [1.165, 1.54) is 48.1 Å². The first kappa shape index (κ1) is 19.0. The highest BCUT2D eigenvalue weighted by Crippen LogP contribution is 2.49. The lowest BCUT2D eigenvalue weighted by atomic mass is 9.86. The molecule has 1 unspecified atom stereocenters. The summed E-state index contributed by atoms with van der Waals surface area (Å²) in [7, 11) is 0. The highest BCUT2D eigenvalue weighted by molar-refractivity contribution is 7.17. The second-order valence-electron chi connectivity index (χ2n) is 9.19. The van der Waals surface area contributed by atoms with Crippen molar-refractivity contribution in [3.05, 3.63) is 76.4 Å². The average Bonchev–Trinajstić information content (AvgIpc) is 3.56. The van der Waals surface area contributed by atoms with Crippen molar-refractivity contribution < 1.29 is 0 Å². The smallest absolute Gasteiger partial charge is 0.271 e. The molecule has 2 heterocycles. The van der Waals surface area contributed by atoms with Gasteiger partial charge in [-0.05, 0) is 66.0 Å². The van der Waals surface area contributed by atoms with Crippen LogP contribution in [0.15, 0.2) is 70.8 Å². The quantitative estimate of drug-likeness (QED) is 0.359. The van der Waals surface area contributed by atoms with E-state index in [1.54, 1.807) is 0 Å². The molecule has 2 aliphatic carbocycles. The van der Waals surface area contributed by atoms with Crippen molar-refractivity contribution in [2.45, 2.75) is 38.6 Å². The zero-order valence-corrected chi connectivity index (χ0v) is 18.4. The van der Waals surface area contributed by atoms with Gasteiger partial charge in [-0.1, -0.05) is 61.0 Å². The van der Waals surface area contributed by atoms with Crippen LogP contribution < -0.4 is 5.56 Å². The monoisotopic (exact) mass is 426 g/mol. The molecule has 2 aromatic heterocycles. The molecular formula is C27H26N2OS. The fourth-order valence-corrected chi connectivity index (χ4v) is 6.62. The summed E-state index contributed by atoms with van der Waals surface area (Å²) in [6, 6.07) is 20.8. The van der Waals surface area contributed by atoms with Crippen molar-refractivity contribution in [3.8, 4) is 22.5 Å². The molecule has 0 aliphatic heterocycles. The number of benzene rings is 2. The summed E-state index contributed by atoms with van der Waals surface area (Å²) in [5.41, 5.74) is 4.32. The molecule has 6 rings (SSSR count). The standard InChI is InChI=1S/C27H26N2OS/c30-27-25-24(13-15-31-25)28-26(29(27)14-12-23-17-18-6-7-22(23)16-18)21-10-8-20(9-11-21)19-4-2-1-3-5-19/h1-5,8-11,13,15,18,22-23H,6-7,12,14,16-17H2/t18-,22+,23?/m0/s1. The van der Waals surface area contributed by atoms with Gasteiger partial charge in [0, 0.05) is 12.1 Å².